The van der Waals surface area contributed by atoms with Crippen LogP contribution in [0.15, 0.2) is 24.3 Å². The van der Waals surface area contributed by atoms with Crippen molar-refractivity contribution in [2.24, 2.45) is 17.2 Å². The molecule has 1 aromatic carbocycles. The molecule has 0 amide bonds. The molecule has 19 heavy (non-hydrogen) atoms. The Bertz CT molecular complexity index is 420. The first-order chi connectivity index (χ1) is 9.10. The van der Waals surface area contributed by atoms with Crippen molar-refractivity contribution < 1.29 is 9.47 Å². The Morgan fingerprint density at radius 1 is 1.37 bits per heavy atom. The van der Waals surface area contributed by atoms with Crippen molar-refractivity contribution in [3.8, 4) is 5.75 Å². The zero-order valence-corrected chi connectivity index (χ0v) is 12.0. The predicted octanol–water partition coefficient (Wildman–Crippen LogP) is 2.26. The summed E-state index contributed by atoms with van der Waals surface area (Å²) in [4.78, 5) is 0. The van der Waals surface area contributed by atoms with Gasteiger partial charge in [0.25, 0.3) is 0 Å². The molecule has 0 saturated heterocycles. The fourth-order valence-electron chi connectivity index (χ4n) is 2.60. The summed E-state index contributed by atoms with van der Waals surface area (Å²) in [6.07, 6.45) is 1.19. The smallest absolute Gasteiger partial charge is 0.124 e. The molecule has 3 N–H and O–H groups in total. The van der Waals surface area contributed by atoms with Gasteiger partial charge >= 0.3 is 0 Å². The number of rotatable bonds is 7. The number of hydrogen-bond donors (Lipinski definition) is 2. The Kier molecular flexibility index (Phi) is 4.45. The summed E-state index contributed by atoms with van der Waals surface area (Å²) in [5.41, 5.74) is 4.45. The van der Waals surface area contributed by atoms with E-state index >= 15 is 0 Å². The maximum atomic E-state index is 5.79. The molecular formula is C15H24N2O2. The summed E-state index contributed by atoms with van der Waals surface area (Å²) in [5.74, 6) is 7.21. The molecule has 2 rings (SSSR count). The molecule has 0 aliphatic heterocycles. The lowest BCUT2D eigenvalue weighted by Gasteiger charge is -2.21. The predicted molar refractivity (Wildman–Crippen MR) is 75.8 cm³/mol. The topological polar surface area (TPSA) is 56.5 Å². The van der Waals surface area contributed by atoms with Crippen molar-refractivity contribution in [2.45, 2.75) is 26.3 Å². The van der Waals surface area contributed by atoms with E-state index in [1.165, 1.54) is 6.42 Å². The van der Waals surface area contributed by atoms with Crippen molar-refractivity contribution in [1.29, 1.82) is 0 Å². The van der Waals surface area contributed by atoms with Crippen molar-refractivity contribution in [3.63, 3.8) is 0 Å². The Hall–Kier alpha value is -1.10. The van der Waals surface area contributed by atoms with Crippen LogP contribution in [0.3, 0.4) is 0 Å². The van der Waals surface area contributed by atoms with Gasteiger partial charge in [0, 0.05) is 12.7 Å². The highest BCUT2D eigenvalue weighted by molar-refractivity contribution is 5.37. The van der Waals surface area contributed by atoms with Crippen LogP contribution in [0.4, 0.5) is 0 Å². The second-order valence-corrected chi connectivity index (χ2v) is 5.82. The van der Waals surface area contributed by atoms with Crippen molar-refractivity contribution >= 4 is 0 Å². The van der Waals surface area contributed by atoms with Gasteiger partial charge in [-0.05, 0) is 23.8 Å². The van der Waals surface area contributed by atoms with Gasteiger partial charge in [0.15, 0.2) is 0 Å². The summed E-state index contributed by atoms with van der Waals surface area (Å²) < 4.78 is 10.8. The van der Waals surface area contributed by atoms with Crippen LogP contribution in [0, 0.1) is 11.3 Å². The van der Waals surface area contributed by atoms with Gasteiger partial charge in [-0.2, -0.15) is 0 Å². The standard InChI is InChI=1S/C15H24N2O2/c1-15(2)10-12(15)14(17-16)11-6-4-5-7-13(11)19-9-8-18-3/h4-7,12,14,17H,8-10,16H2,1-3H3. The second kappa shape index (κ2) is 5.90. The Balaban J connectivity index is 2.13. The third kappa shape index (κ3) is 3.26. The molecule has 4 heteroatoms. The van der Waals surface area contributed by atoms with Crippen LogP contribution in [0.1, 0.15) is 31.9 Å². The highest BCUT2D eigenvalue weighted by atomic mass is 16.5. The number of methoxy groups -OCH3 is 1. The number of hydrogen-bond acceptors (Lipinski definition) is 4. The molecule has 0 radical (unpaired) electrons. The molecule has 0 heterocycles. The third-order valence-electron chi connectivity index (χ3n) is 3.97. The molecule has 1 aliphatic rings. The van der Waals surface area contributed by atoms with Crippen LogP contribution >= 0.6 is 0 Å². The zero-order valence-electron chi connectivity index (χ0n) is 12.0. The van der Waals surface area contributed by atoms with E-state index in [4.69, 9.17) is 15.3 Å². The minimum Gasteiger partial charge on any atom is -0.491 e. The van der Waals surface area contributed by atoms with Crippen LogP contribution in [-0.2, 0) is 4.74 Å². The first kappa shape index (κ1) is 14.3. The number of ether oxygens (including phenoxy) is 2. The largest absolute Gasteiger partial charge is 0.491 e. The fraction of sp³-hybridized carbons (Fsp3) is 0.600. The SMILES string of the molecule is COCCOc1ccccc1C(NN)C1CC1(C)C. The van der Waals surface area contributed by atoms with E-state index in [9.17, 15) is 0 Å². The lowest BCUT2D eigenvalue weighted by atomic mass is 9.97. The van der Waals surface area contributed by atoms with E-state index in [0.717, 1.165) is 11.3 Å². The Labute approximate surface area is 115 Å². The van der Waals surface area contributed by atoms with Gasteiger partial charge in [-0.15, -0.1) is 0 Å². The van der Waals surface area contributed by atoms with Crippen molar-refractivity contribution in [3.05, 3.63) is 29.8 Å². The molecule has 1 saturated carbocycles. The van der Waals surface area contributed by atoms with Gasteiger partial charge in [-0.3, -0.25) is 11.3 Å². The lowest BCUT2D eigenvalue weighted by Crippen LogP contribution is -2.31. The van der Waals surface area contributed by atoms with Gasteiger partial charge < -0.3 is 9.47 Å². The molecule has 0 bridgehead atoms. The number of benzene rings is 1. The average molecular weight is 264 g/mol. The minimum atomic E-state index is 0.147. The molecule has 2 unspecified atom stereocenters. The van der Waals surface area contributed by atoms with E-state index in [2.05, 4.69) is 25.3 Å². The van der Waals surface area contributed by atoms with Gasteiger partial charge in [-0.1, -0.05) is 32.0 Å². The zero-order chi connectivity index (χ0) is 13.9. The van der Waals surface area contributed by atoms with E-state index in [0.29, 0.717) is 24.5 Å². The maximum absolute atomic E-state index is 5.79. The minimum absolute atomic E-state index is 0.147. The van der Waals surface area contributed by atoms with Crippen molar-refractivity contribution in [1.82, 2.24) is 5.43 Å². The lowest BCUT2D eigenvalue weighted by molar-refractivity contribution is 0.145. The first-order valence-electron chi connectivity index (χ1n) is 6.77. The van der Waals surface area contributed by atoms with E-state index < -0.39 is 0 Å². The molecule has 1 aliphatic carbocycles. The van der Waals surface area contributed by atoms with Crippen molar-refractivity contribution in [2.75, 3.05) is 20.3 Å². The van der Waals surface area contributed by atoms with Gasteiger partial charge in [-0.25, -0.2) is 0 Å². The quantitative estimate of drug-likeness (QED) is 0.450. The number of nitrogens with two attached hydrogens (primary N) is 1. The normalized spacial score (nSPS) is 22.0. The van der Waals surface area contributed by atoms with Gasteiger partial charge in [0.1, 0.15) is 12.4 Å². The Morgan fingerprint density at radius 2 is 2.05 bits per heavy atom. The number of nitrogens with one attached hydrogen (secondary N) is 1. The molecule has 1 fully saturated rings. The second-order valence-electron chi connectivity index (χ2n) is 5.82. The number of para-hydroxylation sites is 1. The highest BCUT2D eigenvalue weighted by Crippen LogP contribution is 2.58. The Morgan fingerprint density at radius 3 is 2.63 bits per heavy atom. The van der Waals surface area contributed by atoms with Crippen LogP contribution in [0.2, 0.25) is 0 Å². The van der Waals surface area contributed by atoms with Crippen LogP contribution < -0.4 is 16.0 Å². The highest BCUT2D eigenvalue weighted by Gasteiger charge is 2.50. The van der Waals surface area contributed by atoms with Crippen LogP contribution in [-0.4, -0.2) is 20.3 Å². The average Bonchev–Trinajstić information content (AvgIpc) is 3.01. The molecule has 0 spiro atoms. The van der Waals surface area contributed by atoms with Gasteiger partial charge in [0.05, 0.1) is 12.6 Å². The van der Waals surface area contributed by atoms with Gasteiger partial charge in [0.2, 0.25) is 0 Å². The summed E-state index contributed by atoms with van der Waals surface area (Å²) in [6.45, 7) is 5.69. The summed E-state index contributed by atoms with van der Waals surface area (Å²) in [5, 5.41) is 0. The molecular weight excluding hydrogens is 240 g/mol. The fourth-order valence-corrected chi connectivity index (χ4v) is 2.60. The van der Waals surface area contributed by atoms with E-state index in [-0.39, 0.29) is 6.04 Å². The number of hydrazine groups is 1. The summed E-state index contributed by atoms with van der Waals surface area (Å²) >= 11 is 0. The maximum Gasteiger partial charge on any atom is 0.124 e. The van der Waals surface area contributed by atoms with E-state index in [1.807, 2.05) is 18.2 Å². The summed E-state index contributed by atoms with van der Waals surface area (Å²) in [6, 6.07) is 8.23. The first-order valence-corrected chi connectivity index (χ1v) is 6.77. The monoisotopic (exact) mass is 264 g/mol. The van der Waals surface area contributed by atoms with E-state index in [1.54, 1.807) is 7.11 Å². The molecule has 2 atom stereocenters. The van der Waals surface area contributed by atoms with Crippen LogP contribution in [0.25, 0.3) is 0 Å². The molecule has 4 nitrogen and oxygen atoms in total. The molecule has 0 aromatic heterocycles. The van der Waals surface area contributed by atoms with Crippen LogP contribution in [0.5, 0.6) is 5.75 Å². The summed E-state index contributed by atoms with van der Waals surface area (Å²) in [7, 11) is 1.67. The third-order valence-corrected chi connectivity index (χ3v) is 3.97. The molecule has 106 valence electrons. The molecule has 1 aromatic rings.